The van der Waals surface area contributed by atoms with Crippen molar-refractivity contribution in [3.63, 3.8) is 0 Å². The van der Waals surface area contributed by atoms with Crippen LogP contribution in [0.2, 0.25) is 0 Å². The summed E-state index contributed by atoms with van der Waals surface area (Å²) in [6.45, 7) is 2.25. The Morgan fingerprint density at radius 1 is 1.33 bits per heavy atom. The predicted octanol–water partition coefficient (Wildman–Crippen LogP) is 4.58. The van der Waals surface area contributed by atoms with Crippen LogP contribution in [-0.2, 0) is 0 Å². The molecule has 0 aromatic heterocycles. The molecule has 1 rings (SSSR count). The van der Waals surface area contributed by atoms with Gasteiger partial charge < -0.3 is 5.32 Å². The number of rotatable bonds is 5. The molecule has 0 saturated carbocycles. The molecule has 1 N–H and O–H groups in total. The maximum absolute atomic E-state index is 13.7. The van der Waals surface area contributed by atoms with E-state index >= 15 is 0 Å². The molecule has 1 aromatic carbocycles. The highest BCUT2D eigenvalue weighted by Gasteiger charge is 2.29. The van der Waals surface area contributed by atoms with Gasteiger partial charge in [-0.05, 0) is 25.1 Å². The second kappa shape index (κ2) is 6.52. The quantitative estimate of drug-likeness (QED) is 0.780. The van der Waals surface area contributed by atoms with E-state index < -0.39 is 24.5 Å². The van der Waals surface area contributed by atoms with Gasteiger partial charge in [-0.15, -0.1) is 0 Å². The van der Waals surface area contributed by atoms with E-state index in [1.54, 1.807) is 13.0 Å². The molecule has 0 fully saturated rings. The Morgan fingerprint density at radius 2 is 2.00 bits per heavy atom. The van der Waals surface area contributed by atoms with E-state index in [1.165, 1.54) is 12.1 Å². The molecule has 0 amide bonds. The lowest BCUT2D eigenvalue weighted by Crippen LogP contribution is -2.24. The van der Waals surface area contributed by atoms with Crippen LogP contribution in [0.3, 0.4) is 0 Å². The minimum Gasteiger partial charge on any atom is -0.310 e. The third kappa shape index (κ3) is 4.57. The first-order valence-electron chi connectivity index (χ1n) is 5.59. The lowest BCUT2D eigenvalue weighted by molar-refractivity contribution is -0.136. The highest BCUT2D eigenvalue weighted by molar-refractivity contribution is 9.10. The van der Waals surface area contributed by atoms with E-state index in [0.717, 1.165) is 0 Å². The smallest absolute Gasteiger partial charge is 0.310 e. The normalized spacial score (nSPS) is 13.7. The van der Waals surface area contributed by atoms with Gasteiger partial charge in [0.15, 0.2) is 0 Å². The number of halogens is 5. The Balaban J connectivity index is 2.90. The topological polar surface area (TPSA) is 12.0 Å². The zero-order chi connectivity index (χ0) is 13.8. The van der Waals surface area contributed by atoms with Crippen LogP contribution in [0, 0.1) is 5.82 Å². The zero-order valence-electron chi connectivity index (χ0n) is 9.82. The lowest BCUT2D eigenvalue weighted by atomic mass is 10.0. The second-order valence-electron chi connectivity index (χ2n) is 3.90. The van der Waals surface area contributed by atoms with Gasteiger partial charge in [0.2, 0.25) is 0 Å². The van der Waals surface area contributed by atoms with Crippen LogP contribution in [0.25, 0.3) is 0 Å². The van der Waals surface area contributed by atoms with E-state index in [4.69, 9.17) is 0 Å². The molecule has 6 heteroatoms. The van der Waals surface area contributed by atoms with Gasteiger partial charge in [-0.3, -0.25) is 0 Å². The fourth-order valence-electron chi connectivity index (χ4n) is 1.75. The van der Waals surface area contributed by atoms with Crippen molar-refractivity contribution < 1.29 is 17.6 Å². The summed E-state index contributed by atoms with van der Waals surface area (Å²) < 4.78 is 50.9. The van der Waals surface area contributed by atoms with Crippen molar-refractivity contribution in [1.29, 1.82) is 0 Å². The van der Waals surface area contributed by atoms with Gasteiger partial charge in [0.05, 0.1) is 0 Å². The predicted molar refractivity (Wildman–Crippen MR) is 65.8 cm³/mol. The molecule has 0 aliphatic carbocycles. The number of alkyl halides is 3. The third-order valence-corrected chi connectivity index (χ3v) is 3.21. The molecule has 0 bridgehead atoms. The van der Waals surface area contributed by atoms with Gasteiger partial charge >= 0.3 is 6.18 Å². The molecular weight excluding hydrogens is 314 g/mol. The Hall–Kier alpha value is -0.620. The molecule has 1 aromatic rings. The molecule has 102 valence electrons. The monoisotopic (exact) mass is 327 g/mol. The van der Waals surface area contributed by atoms with Gasteiger partial charge in [0.1, 0.15) is 5.82 Å². The third-order valence-electron chi connectivity index (χ3n) is 2.52. The van der Waals surface area contributed by atoms with E-state index in [1.807, 2.05) is 0 Å². The fraction of sp³-hybridized carbons (Fsp3) is 0.500. The molecule has 0 saturated heterocycles. The van der Waals surface area contributed by atoms with E-state index in [2.05, 4.69) is 21.2 Å². The number of benzene rings is 1. The van der Waals surface area contributed by atoms with E-state index in [0.29, 0.717) is 11.0 Å². The van der Waals surface area contributed by atoms with Crippen LogP contribution in [-0.4, -0.2) is 12.7 Å². The largest absolute Gasteiger partial charge is 0.389 e. The SMILES string of the molecule is CCNC(CCC(F)(F)F)c1c(F)cccc1Br. The standard InChI is InChI=1S/C12H14BrF4N/c1-2-18-10(6-7-12(15,16)17)11-8(13)4-3-5-9(11)14/h3-5,10,18H,2,6-7H2,1H3. The highest BCUT2D eigenvalue weighted by Crippen LogP contribution is 2.32. The van der Waals surface area contributed by atoms with Crippen molar-refractivity contribution in [2.75, 3.05) is 6.54 Å². The van der Waals surface area contributed by atoms with E-state index in [-0.39, 0.29) is 12.0 Å². The first-order chi connectivity index (χ1) is 8.35. The number of nitrogens with one attached hydrogen (secondary N) is 1. The molecule has 1 atom stereocenters. The molecule has 0 radical (unpaired) electrons. The molecule has 1 nitrogen and oxygen atoms in total. The molecule has 0 heterocycles. The summed E-state index contributed by atoms with van der Waals surface area (Å²) in [4.78, 5) is 0. The van der Waals surface area contributed by atoms with E-state index in [9.17, 15) is 17.6 Å². The summed E-state index contributed by atoms with van der Waals surface area (Å²) in [6.07, 6.45) is -5.35. The summed E-state index contributed by atoms with van der Waals surface area (Å²) in [5, 5.41) is 2.88. The van der Waals surface area contributed by atoms with Gasteiger partial charge in [-0.25, -0.2) is 4.39 Å². The summed E-state index contributed by atoms with van der Waals surface area (Å²) in [6, 6.07) is 3.73. The lowest BCUT2D eigenvalue weighted by Gasteiger charge is -2.21. The van der Waals surface area contributed by atoms with Crippen LogP contribution in [0.5, 0.6) is 0 Å². The van der Waals surface area contributed by atoms with Crippen molar-refractivity contribution in [1.82, 2.24) is 5.32 Å². The highest BCUT2D eigenvalue weighted by atomic mass is 79.9. The molecule has 18 heavy (non-hydrogen) atoms. The second-order valence-corrected chi connectivity index (χ2v) is 4.75. The van der Waals surface area contributed by atoms with Crippen LogP contribution < -0.4 is 5.32 Å². The van der Waals surface area contributed by atoms with Crippen LogP contribution in [0.1, 0.15) is 31.4 Å². The van der Waals surface area contributed by atoms with Gasteiger partial charge in [-0.1, -0.05) is 28.9 Å². The minimum atomic E-state index is -4.23. The van der Waals surface area contributed by atoms with Crippen LogP contribution in [0.15, 0.2) is 22.7 Å². The minimum absolute atomic E-state index is 0.184. The first-order valence-corrected chi connectivity index (χ1v) is 6.38. The summed E-state index contributed by atoms with van der Waals surface area (Å²) >= 11 is 3.18. The first kappa shape index (κ1) is 15.4. The molecule has 0 aliphatic heterocycles. The van der Waals surface area contributed by atoms with Crippen molar-refractivity contribution in [2.24, 2.45) is 0 Å². The van der Waals surface area contributed by atoms with Crippen molar-refractivity contribution >= 4 is 15.9 Å². The molecule has 1 unspecified atom stereocenters. The number of hydrogen-bond acceptors (Lipinski definition) is 1. The maximum atomic E-state index is 13.7. The summed E-state index contributed by atoms with van der Waals surface area (Å²) in [7, 11) is 0. The fourth-order valence-corrected chi connectivity index (χ4v) is 2.36. The van der Waals surface area contributed by atoms with Gasteiger partial charge in [0.25, 0.3) is 0 Å². The summed E-state index contributed by atoms with van der Waals surface area (Å²) in [5.41, 5.74) is 0.253. The van der Waals surface area contributed by atoms with Gasteiger partial charge in [-0.2, -0.15) is 13.2 Å². The van der Waals surface area contributed by atoms with Crippen molar-refractivity contribution in [2.45, 2.75) is 32.0 Å². The zero-order valence-corrected chi connectivity index (χ0v) is 11.4. The average molecular weight is 328 g/mol. The Bertz CT molecular complexity index is 372. The number of hydrogen-bond donors (Lipinski definition) is 1. The molecule has 0 spiro atoms. The maximum Gasteiger partial charge on any atom is 0.389 e. The Morgan fingerprint density at radius 3 is 2.50 bits per heavy atom. The molecular formula is C12H14BrF4N. The van der Waals surface area contributed by atoms with Crippen LogP contribution >= 0.6 is 15.9 Å². The van der Waals surface area contributed by atoms with Crippen molar-refractivity contribution in [3.05, 3.63) is 34.1 Å². The Kier molecular flexibility index (Phi) is 5.59. The van der Waals surface area contributed by atoms with Crippen molar-refractivity contribution in [3.8, 4) is 0 Å². The summed E-state index contributed by atoms with van der Waals surface area (Å²) in [5.74, 6) is -0.502. The Labute approximate surface area is 112 Å². The van der Waals surface area contributed by atoms with Gasteiger partial charge in [0, 0.05) is 22.5 Å². The molecule has 0 aliphatic rings. The van der Waals surface area contributed by atoms with Crippen LogP contribution in [0.4, 0.5) is 17.6 Å². The average Bonchev–Trinajstić information content (AvgIpc) is 2.24.